The highest BCUT2D eigenvalue weighted by Gasteiger charge is 2.11. The molecule has 0 radical (unpaired) electrons. The highest BCUT2D eigenvalue weighted by molar-refractivity contribution is 6.30. The first-order chi connectivity index (χ1) is 10.6. The normalized spacial score (nSPS) is 10.5. The predicted molar refractivity (Wildman–Crippen MR) is 82.8 cm³/mol. The number of benzene rings is 1. The van der Waals surface area contributed by atoms with E-state index in [9.17, 15) is 4.79 Å². The number of carbonyl (C=O) groups excluding carboxylic acids is 1. The number of ether oxygens (including phenoxy) is 1. The van der Waals surface area contributed by atoms with Gasteiger partial charge in [-0.15, -0.1) is 5.10 Å². The van der Waals surface area contributed by atoms with Crippen LogP contribution < -0.4 is 4.74 Å². The van der Waals surface area contributed by atoms with Crippen molar-refractivity contribution in [3.8, 4) is 11.6 Å². The topological polar surface area (TPSA) is 57.0 Å². The number of carbonyl (C=O) groups is 1. The van der Waals surface area contributed by atoms with Crippen LogP contribution in [0.2, 0.25) is 10.2 Å². The number of halogens is 2. The van der Waals surface area contributed by atoms with Gasteiger partial charge in [-0.3, -0.25) is 0 Å². The van der Waals surface area contributed by atoms with Gasteiger partial charge in [-0.05, 0) is 36.4 Å². The Morgan fingerprint density at radius 3 is 2.50 bits per heavy atom. The minimum atomic E-state index is -0.550. The summed E-state index contributed by atoms with van der Waals surface area (Å²) in [5, 5.41) is 5.12. The maximum atomic E-state index is 11.9. The number of hydrogen-bond donors (Lipinski definition) is 0. The number of aromatic nitrogens is 3. The lowest BCUT2D eigenvalue weighted by Crippen LogP contribution is -2.09. The predicted octanol–water partition coefficient (Wildman–Crippen LogP) is 3.79. The highest BCUT2D eigenvalue weighted by atomic mass is 35.5. The second-order valence-corrected chi connectivity index (χ2v) is 5.16. The van der Waals surface area contributed by atoms with E-state index in [0.29, 0.717) is 15.7 Å². The second kappa shape index (κ2) is 6.17. The summed E-state index contributed by atoms with van der Waals surface area (Å²) in [7, 11) is 0. The molecule has 5 nitrogen and oxygen atoms in total. The first kappa shape index (κ1) is 14.6. The Bertz CT molecular complexity index is 798. The van der Waals surface area contributed by atoms with Gasteiger partial charge in [0.05, 0.1) is 11.3 Å². The molecular formula is C15H9Cl2N3O2. The van der Waals surface area contributed by atoms with E-state index in [2.05, 4.69) is 10.1 Å². The van der Waals surface area contributed by atoms with E-state index in [1.807, 2.05) is 12.1 Å². The number of rotatable bonds is 3. The summed E-state index contributed by atoms with van der Waals surface area (Å²) in [6, 6.07) is 11.8. The summed E-state index contributed by atoms with van der Waals surface area (Å²) < 4.78 is 6.77. The number of pyridine rings is 1. The van der Waals surface area contributed by atoms with Crippen LogP contribution in [0.15, 0.2) is 54.9 Å². The Morgan fingerprint density at radius 1 is 1.05 bits per heavy atom. The van der Waals surface area contributed by atoms with E-state index in [4.69, 9.17) is 27.9 Å². The molecule has 1 aromatic carbocycles. The van der Waals surface area contributed by atoms with Crippen LogP contribution in [0.3, 0.4) is 0 Å². The molecule has 0 atom stereocenters. The Kier molecular flexibility index (Phi) is 4.09. The van der Waals surface area contributed by atoms with Crippen LogP contribution in [0.4, 0.5) is 0 Å². The number of hydrogen-bond acceptors (Lipinski definition) is 4. The van der Waals surface area contributed by atoms with E-state index in [1.165, 1.54) is 18.3 Å². The second-order valence-electron chi connectivity index (χ2n) is 4.33. The zero-order valence-electron chi connectivity index (χ0n) is 11.1. The van der Waals surface area contributed by atoms with Crippen molar-refractivity contribution in [1.82, 2.24) is 14.8 Å². The highest BCUT2D eigenvalue weighted by Crippen LogP contribution is 2.16. The molecule has 0 spiro atoms. The molecule has 0 saturated carbocycles. The third-order valence-corrected chi connectivity index (χ3v) is 3.29. The van der Waals surface area contributed by atoms with Crippen molar-refractivity contribution >= 4 is 29.2 Å². The maximum Gasteiger partial charge on any atom is 0.346 e. The van der Waals surface area contributed by atoms with Gasteiger partial charge in [0, 0.05) is 23.5 Å². The van der Waals surface area contributed by atoms with Crippen molar-refractivity contribution in [2.24, 2.45) is 0 Å². The Balaban J connectivity index is 1.75. The minimum Gasteiger partial charge on any atom is -0.402 e. The van der Waals surface area contributed by atoms with Crippen LogP contribution in [0, 0.1) is 0 Å². The minimum absolute atomic E-state index is 0.190. The molecule has 2 heterocycles. The lowest BCUT2D eigenvalue weighted by molar-refractivity contribution is 0.0726. The lowest BCUT2D eigenvalue weighted by Gasteiger charge is -2.02. The van der Waals surface area contributed by atoms with E-state index < -0.39 is 5.97 Å². The molecule has 0 N–H and O–H groups in total. The number of nitrogens with zero attached hydrogens (tertiary/aromatic N) is 3. The first-order valence-corrected chi connectivity index (χ1v) is 7.03. The van der Waals surface area contributed by atoms with Gasteiger partial charge in [-0.25, -0.2) is 14.5 Å². The molecule has 0 aliphatic carbocycles. The van der Waals surface area contributed by atoms with Gasteiger partial charge in [-0.1, -0.05) is 23.2 Å². The van der Waals surface area contributed by atoms with Crippen molar-refractivity contribution in [2.45, 2.75) is 0 Å². The fraction of sp³-hybridized carbons (Fsp3) is 0. The smallest absolute Gasteiger partial charge is 0.346 e. The molecular weight excluding hydrogens is 325 g/mol. The Hall–Kier alpha value is -2.37. The van der Waals surface area contributed by atoms with E-state index >= 15 is 0 Å². The van der Waals surface area contributed by atoms with Crippen molar-refractivity contribution in [3.05, 3.63) is 70.6 Å². The molecule has 110 valence electrons. The molecule has 0 saturated heterocycles. The van der Waals surface area contributed by atoms with Crippen LogP contribution in [0.1, 0.15) is 10.4 Å². The molecule has 3 rings (SSSR count). The average molecular weight is 334 g/mol. The molecule has 0 amide bonds. The molecule has 0 aliphatic rings. The lowest BCUT2D eigenvalue weighted by atomic mass is 10.3. The summed E-state index contributed by atoms with van der Waals surface area (Å²) in [5.41, 5.74) is 1.10. The molecule has 7 heteroatoms. The van der Waals surface area contributed by atoms with Crippen LogP contribution in [-0.4, -0.2) is 20.7 Å². The summed E-state index contributed by atoms with van der Waals surface area (Å²) in [4.78, 5) is 15.8. The summed E-state index contributed by atoms with van der Waals surface area (Å²) in [6.45, 7) is 0. The van der Waals surface area contributed by atoms with Gasteiger partial charge in [0.2, 0.25) is 5.88 Å². The van der Waals surface area contributed by atoms with Gasteiger partial charge in [0.25, 0.3) is 0 Å². The van der Waals surface area contributed by atoms with Gasteiger partial charge >= 0.3 is 5.97 Å². The van der Waals surface area contributed by atoms with Crippen molar-refractivity contribution < 1.29 is 9.53 Å². The largest absolute Gasteiger partial charge is 0.402 e. The third kappa shape index (κ3) is 3.27. The van der Waals surface area contributed by atoms with Crippen LogP contribution in [0.25, 0.3) is 5.69 Å². The molecule has 0 aliphatic heterocycles. The van der Waals surface area contributed by atoms with Gasteiger partial charge in [0.15, 0.2) is 0 Å². The standard InChI is InChI=1S/C15H9Cl2N3O2/c16-11-2-4-12(5-3-11)20-8-7-14(19-20)22-15(21)10-1-6-13(17)18-9-10/h1-9H. The molecule has 0 bridgehead atoms. The van der Waals surface area contributed by atoms with E-state index in [0.717, 1.165) is 5.69 Å². The number of esters is 1. The van der Waals surface area contributed by atoms with E-state index in [1.54, 1.807) is 29.1 Å². The summed E-state index contributed by atoms with van der Waals surface area (Å²) in [6.07, 6.45) is 3.03. The van der Waals surface area contributed by atoms with E-state index in [-0.39, 0.29) is 5.88 Å². The van der Waals surface area contributed by atoms with Crippen molar-refractivity contribution in [2.75, 3.05) is 0 Å². The molecule has 0 unspecified atom stereocenters. The zero-order valence-corrected chi connectivity index (χ0v) is 12.6. The molecule has 3 aromatic rings. The zero-order chi connectivity index (χ0) is 15.5. The van der Waals surface area contributed by atoms with Crippen molar-refractivity contribution in [1.29, 1.82) is 0 Å². The Morgan fingerprint density at radius 2 is 1.82 bits per heavy atom. The molecule has 0 fully saturated rings. The average Bonchev–Trinajstić information content (AvgIpc) is 2.97. The molecule has 22 heavy (non-hydrogen) atoms. The fourth-order valence-electron chi connectivity index (χ4n) is 1.75. The SMILES string of the molecule is O=C(Oc1ccn(-c2ccc(Cl)cc2)n1)c1ccc(Cl)nc1. The van der Waals surface area contributed by atoms with Crippen molar-refractivity contribution in [3.63, 3.8) is 0 Å². The van der Waals surface area contributed by atoms with Gasteiger partial charge < -0.3 is 4.74 Å². The first-order valence-electron chi connectivity index (χ1n) is 6.27. The summed E-state index contributed by atoms with van der Waals surface area (Å²) in [5.74, 6) is -0.361. The Labute approximate surface area is 136 Å². The van der Waals surface area contributed by atoms with Gasteiger partial charge in [-0.2, -0.15) is 0 Å². The summed E-state index contributed by atoms with van der Waals surface area (Å²) >= 11 is 11.5. The van der Waals surface area contributed by atoms with Gasteiger partial charge in [0.1, 0.15) is 5.15 Å². The van der Waals surface area contributed by atoms with Crippen LogP contribution in [-0.2, 0) is 0 Å². The maximum absolute atomic E-state index is 11.9. The monoisotopic (exact) mass is 333 g/mol. The fourth-order valence-corrected chi connectivity index (χ4v) is 1.99. The third-order valence-electron chi connectivity index (χ3n) is 2.82. The van der Waals surface area contributed by atoms with Crippen LogP contribution in [0.5, 0.6) is 5.88 Å². The quantitative estimate of drug-likeness (QED) is 0.540. The van der Waals surface area contributed by atoms with Crippen LogP contribution >= 0.6 is 23.2 Å². The molecule has 2 aromatic heterocycles.